The molecule has 2 rings (SSSR count). The lowest BCUT2D eigenvalue weighted by atomic mass is 9.95. The molecule has 0 spiro atoms. The molecule has 1 saturated carbocycles. The fourth-order valence-corrected chi connectivity index (χ4v) is 2.45. The Morgan fingerprint density at radius 1 is 1.41 bits per heavy atom. The predicted octanol–water partition coefficient (Wildman–Crippen LogP) is 3.16. The van der Waals surface area contributed by atoms with Gasteiger partial charge in [0.05, 0.1) is 18.2 Å². The molecule has 94 valence electrons. The number of pyridine rings is 1. The zero-order valence-electron chi connectivity index (χ0n) is 10.1. The first-order valence-corrected chi connectivity index (χ1v) is 6.55. The first-order chi connectivity index (χ1) is 8.33. The number of halogens is 1. The van der Waals surface area contributed by atoms with E-state index in [9.17, 15) is 0 Å². The van der Waals surface area contributed by atoms with Crippen LogP contribution in [0, 0.1) is 0 Å². The summed E-state index contributed by atoms with van der Waals surface area (Å²) in [6, 6.07) is 1.90. The number of methoxy groups -OCH3 is 1. The van der Waals surface area contributed by atoms with Crippen molar-refractivity contribution in [3.05, 3.63) is 24.0 Å². The largest absolute Gasteiger partial charge is 0.488 e. The fraction of sp³-hybridized carbons (Fsp3) is 0.615. The van der Waals surface area contributed by atoms with Gasteiger partial charge in [0.15, 0.2) is 0 Å². The Hall–Kier alpha value is -0.800. The predicted molar refractivity (Wildman–Crippen MR) is 67.5 cm³/mol. The van der Waals surface area contributed by atoms with Crippen LogP contribution in [0.4, 0.5) is 0 Å². The van der Waals surface area contributed by atoms with Gasteiger partial charge in [0.2, 0.25) is 0 Å². The van der Waals surface area contributed by atoms with Crippen molar-refractivity contribution in [1.29, 1.82) is 0 Å². The third kappa shape index (κ3) is 3.33. The van der Waals surface area contributed by atoms with Crippen LogP contribution in [0.25, 0.3) is 0 Å². The van der Waals surface area contributed by atoms with Crippen LogP contribution in [0.3, 0.4) is 0 Å². The standard InChI is InChI=1S/C13H18ClNO2/c1-16-11-3-2-4-12(7-11)17-13-9-15-6-5-10(13)8-14/h5-6,9,11-12H,2-4,7-8H2,1H3. The molecule has 17 heavy (non-hydrogen) atoms. The van der Waals surface area contributed by atoms with E-state index in [0.717, 1.165) is 37.0 Å². The van der Waals surface area contributed by atoms with Crippen LogP contribution in [-0.2, 0) is 10.6 Å². The van der Waals surface area contributed by atoms with Crippen molar-refractivity contribution in [2.45, 2.75) is 43.8 Å². The molecule has 1 aromatic rings. The Balaban J connectivity index is 2.00. The van der Waals surface area contributed by atoms with E-state index in [0.29, 0.717) is 12.0 Å². The minimum absolute atomic E-state index is 0.222. The molecule has 1 aliphatic rings. The number of alkyl halides is 1. The average molecular weight is 256 g/mol. The summed E-state index contributed by atoms with van der Waals surface area (Å²) in [6.45, 7) is 0. The van der Waals surface area contributed by atoms with Gasteiger partial charge in [-0.15, -0.1) is 11.6 Å². The first kappa shape index (κ1) is 12.7. The van der Waals surface area contributed by atoms with Gasteiger partial charge >= 0.3 is 0 Å². The minimum Gasteiger partial charge on any atom is -0.488 e. The van der Waals surface area contributed by atoms with Crippen LogP contribution in [0.2, 0.25) is 0 Å². The van der Waals surface area contributed by atoms with Crippen molar-refractivity contribution in [1.82, 2.24) is 4.98 Å². The molecule has 1 aromatic heterocycles. The van der Waals surface area contributed by atoms with E-state index < -0.39 is 0 Å². The monoisotopic (exact) mass is 255 g/mol. The van der Waals surface area contributed by atoms with Gasteiger partial charge in [-0.3, -0.25) is 4.98 Å². The van der Waals surface area contributed by atoms with Crippen LogP contribution in [-0.4, -0.2) is 24.3 Å². The molecule has 1 fully saturated rings. The Morgan fingerprint density at radius 3 is 3.00 bits per heavy atom. The summed E-state index contributed by atoms with van der Waals surface area (Å²) in [6.07, 6.45) is 8.34. The Kier molecular flexibility index (Phi) is 4.63. The molecule has 0 saturated heterocycles. The third-order valence-electron chi connectivity index (χ3n) is 3.22. The summed E-state index contributed by atoms with van der Waals surface area (Å²) in [5.74, 6) is 1.27. The first-order valence-electron chi connectivity index (χ1n) is 6.01. The maximum Gasteiger partial charge on any atom is 0.142 e. The summed E-state index contributed by atoms with van der Waals surface area (Å²) in [5.41, 5.74) is 1.00. The Labute approximate surface area is 107 Å². The number of nitrogens with zero attached hydrogens (tertiary/aromatic N) is 1. The number of ether oxygens (including phenoxy) is 2. The maximum absolute atomic E-state index is 5.98. The Bertz CT molecular complexity index is 359. The van der Waals surface area contributed by atoms with Crippen LogP contribution in [0.1, 0.15) is 31.2 Å². The highest BCUT2D eigenvalue weighted by Crippen LogP contribution is 2.27. The van der Waals surface area contributed by atoms with Crippen molar-refractivity contribution in [2.24, 2.45) is 0 Å². The molecule has 0 aromatic carbocycles. The molecule has 0 radical (unpaired) electrons. The topological polar surface area (TPSA) is 31.4 Å². The summed E-state index contributed by atoms with van der Waals surface area (Å²) in [7, 11) is 1.77. The molecule has 0 N–H and O–H groups in total. The Morgan fingerprint density at radius 2 is 2.24 bits per heavy atom. The van der Waals surface area contributed by atoms with Gasteiger partial charge in [-0.1, -0.05) is 0 Å². The molecular weight excluding hydrogens is 238 g/mol. The van der Waals surface area contributed by atoms with Crippen molar-refractivity contribution in [3.63, 3.8) is 0 Å². The molecule has 1 heterocycles. The van der Waals surface area contributed by atoms with E-state index in [1.807, 2.05) is 6.07 Å². The summed E-state index contributed by atoms with van der Waals surface area (Å²) < 4.78 is 11.4. The molecule has 2 unspecified atom stereocenters. The minimum atomic E-state index is 0.222. The highest BCUT2D eigenvalue weighted by Gasteiger charge is 2.23. The van der Waals surface area contributed by atoms with E-state index in [4.69, 9.17) is 21.1 Å². The molecular formula is C13H18ClNO2. The van der Waals surface area contributed by atoms with Gasteiger partial charge in [-0.25, -0.2) is 0 Å². The van der Waals surface area contributed by atoms with Crippen LogP contribution in [0.15, 0.2) is 18.5 Å². The lowest BCUT2D eigenvalue weighted by Crippen LogP contribution is -2.29. The van der Waals surface area contributed by atoms with Crippen molar-refractivity contribution < 1.29 is 9.47 Å². The second kappa shape index (κ2) is 6.22. The van der Waals surface area contributed by atoms with E-state index in [-0.39, 0.29) is 6.10 Å². The van der Waals surface area contributed by atoms with Crippen LogP contribution >= 0.6 is 11.6 Å². The van der Waals surface area contributed by atoms with Gasteiger partial charge in [0.1, 0.15) is 11.9 Å². The molecule has 2 atom stereocenters. The maximum atomic E-state index is 5.98. The molecule has 0 amide bonds. The van der Waals surface area contributed by atoms with Crippen LogP contribution in [0.5, 0.6) is 5.75 Å². The molecule has 0 aliphatic heterocycles. The smallest absolute Gasteiger partial charge is 0.142 e. The van der Waals surface area contributed by atoms with Crippen molar-refractivity contribution >= 4 is 11.6 Å². The van der Waals surface area contributed by atoms with Gasteiger partial charge in [0.25, 0.3) is 0 Å². The van der Waals surface area contributed by atoms with Gasteiger partial charge in [-0.2, -0.15) is 0 Å². The number of aromatic nitrogens is 1. The second-order valence-corrected chi connectivity index (χ2v) is 4.65. The summed E-state index contributed by atoms with van der Waals surface area (Å²) >= 11 is 5.87. The molecule has 4 heteroatoms. The third-order valence-corrected chi connectivity index (χ3v) is 3.51. The highest BCUT2D eigenvalue weighted by molar-refractivity contribution is 6.17. The molecule has 0 bridgehead atoms. The number of rotatable bonds is 4. The van der Waals surface area contributed by atoms with Crippen molar-refractivity contribution in [3.8, 4) is 5.75 Å². The highest BCUT2D eigenvalue weighted by atomic mass is 35.5. The van der Waals surface area contributed by atoms with E-state index in [2.05, 4.69) is 4.98 Å². The van der Waals surface area contributed by atoms with E-state index in [1.54, 1.807) is 19.5 Å². The van der Waals surface area contributed by atoms with Crippen molar-refractivity contribution in [2.75, 3.05) is 7.11 Å². The summed E-state index contributed by atoms with van der Waals surface area (Å²) in [5, 5.41) is 0. The zero-order valence-corrected chi connectivity index (χ0v) is 10.8. The van der Waals surface area contributed by atoms with E-state index in [1.165, 1.54) is 0 Å². The number of hydrogen-bond acceptors (Lipinski definition) is 3. The number of hydrogen-bond donors (Lipinski definition) is 0. The molecule has 3 nitrogen and oxygen atoms in total. The SMILES string of the molecule is COC1CCCC(Oc2cnccc2CCl)C1. The van der Waals surface area contributed by atoms with Gasteiger partial charge in [0, 0.05) is 25.3 Å². The fourth-order valence-electron chi connectivity index (χ4n) is 2.23. The zero-order chi connectivity index (χ0) is 12.1. The lowest BCUT2D eigenvalue weighted by Gasteiger charge is -2.29. The normalized spacial score (nSPS) is 24.6. The molecule has 1 aliphatic carbocycles. The quantitative estimate of drug-likeness (QED) is 0.775. The van der Waals surface area contributed by atoms with E-state index >= 15 is 0 Å². The second-order valence-electron chi connectivity index (χ2n) is 4.38. The van der Waals surface area contributed by atoms with Gasteiger partial charge in [-0.05, 0) is 25.3 Å². The lowest BCUT2D eigenvalue weighted by molar-refractivity contribution is 0.0206. The van der Waals surface area contributed by atoms with Crippen LogP contribution < -0.4 is 4.74 Å². The summed E-state index contributed by atoms with van der Waals surface area (Å²) in [4.78, 5) is 4.08. The van der Waals surface area contributed by atoms with Gasteiger partial charge < -0.3 is 9.47 Å². The average Bonchev–Trinajstić information content (AvgIpc) is 2.39.